The highest BCUT2D eigenvalue weighted by Gasteiger charge is 2.63. The van der Waals surface area contributed by atoms with Gasteiger partial charge in [0.2, 0.25) is 0 Å². The number of hydrogen-bond acceptors (Lipinski definition) is 4. The standard InChI is InChI=1S/C28H27N4O/c1-20-7-6-14-30-25(20)19-32(22-17-21-8-2-4-10-24(21)31-18-22)26-11-5-3-9-23(26)28(27(32)33)12-15-29-16-13-28/h2-11,14,17-18,29H,12-13,15-16,19H2,1H3/q+1. The second kappa shape index (κ2) is 7.58. The van der Waals surface area contributed by atoms with Gasteiger partial charge in [0.05, 0.1) is 17.4 Å². The van der Waals surface area contributed by atoms with Gasteiger partial charge in [0.25, 0.3) is 0 Å². The Balaban J connectivity index is 1.65. The van der Waals surface area contributed by atoms with Crippen molar-refractivity contribution in [1.82, 2.24) is 19.8 Å². The van der Waals surface area contributed by atoms with E-state index in [1.807, 2.05) is 36.7 Å². The summed E-state index contributed by atoms with van der Waals surface area (Å²) in [7, 11) is 0. The zero-order chi connectivity index (χ0) is 22.5. The molecule has 164 valence electrons. The second-order valence-electron chi connectivity index (χ2n) is 9.28. The van der Waals surface area contributed by atoms with E-state index in [-0.39, 0.29) is 10.4 Å². The van der Waals surface area contributed by atoms with Crippen LogP contribution in [0.4, 0.5) is 11.4 Å². The quantitative estimate of drug-likeness (QED) is 0.463. The molecule has 1 spiro atoms. The molecule has 6 rings (SSSR count). The predicted molar refractivity (Wildman–Crippen MR) is 131 cm³/mol. The lowest BCUT2D eigenvalue weighted by Gasteiger charge is -2.35. The molecule has 0 aliphatic carbocycles. The number of aryl methyl sites for hydroxylation is 1. The summed E-state index contributed by atoms with van der Waals surface area (Å²) in [4.78, 5) is 24.3. The lowest BCUT2D eigenvalue weighted by atomic mass is 9.74. The van der Waals surface area contributed by atoms with Crippen molar-refractivity contribution in [3.63, 3.8) is 0 Å². The molecule has 1 fully saturated rings. The maximum absolute atomic E-state index is 14.8. The molecule has 2 aromatic carbocycles. The molecule has 2 aliphatic heterocycles. The summed E-state index contributed by atoms with van der Waals surface area (Å²) in [5.74, 6) is 0.243. The SMILES string of the molecule is Cc1cccnc1C[N+]1(c2cnc3ccccc3c2)C(=O)C2(CCNCC2)c2ccccc21. The zero-order valence-corrected chi connectivity index (χ0v) is 18.8. The Kier molecular flexibility index (Phi) is 4.64. The Labute approximate surface area is 193 Å². The molecule has 0 radical (unpaired) electrons. The van der Waals surface area contributed by atoms with Gasteiger partial charge in [-0.1, -0.05) is 42.5 Å². The molecule has 2 aliphatic rings. The first-order valence-electron chi connectivity index (χ1n) is 11.6. The maximum atomic E-state index is 14.8. The van der Waals surface area contributed by atoms with Crippen molar-refractivity contribution in [3.05, 3.63) is 95.9 Å². The molecule has 1 saturated heterocycles. The van der Waals surface area contributed by atoms with Gasteiger partial charge in [-0.2, -0.15) is 4.48 Å². The molecule has 5 nitrogen and oxygen atoms in total. The topological polar surface area (TPSA) is 54.9 Å². The van der Waals surface area contributed by atoms with Gasteiger partial charge in [-0.15, -0.1) is 0 Å². The number of nitrogens with one attached hydrogen (secondary N) is 1. The lowest BCUT2D eigenvalue weighted by Crippen LogP contribution is -2.55. The van der Waals surface area contributed by atoms with E-state index in [1.54, 1.807) is 0 Å². The third kappa shape index (κ3) is 2.89. The average molecular weight is 436 g/mol. The minimum Gasteiger partial charge on any atom is -0.317 e. The number of aromatic nitrogens is 2. The van der Waals surface area contributed by atoms with E-state index in [9.17, 15) is 4.79 Å². The highest BCUT2D eigenvalue weighted by molar-refractivity contribution is 6.09. The number of amides is 1. The lowest BCUT2D eigenvalue weighted by molar-refractivity contribution is -0.133. The highest BCUT2D eigenvalue weighted by atomic mass is 16.2. The number of benzene rings is 2. The zero-order valence-electron chi connectivity index (χ0n) is 18.8. The number of nitrogens with zero attached hydrogens (tertiary/aromatic N) is 3. The molecule has 0 saturated carbocycles. The largest absolute Gasteiger partial charge is 0.335 e. The van der Waals surface area contributed by atoms with Crippen LogP contribution in [0.2, 0.25) is 0 Å². The fourth-order valence-corrected chi connectivity index (χ4v) is 5.82. The van der Waals surface area contributed by atoms with Crippen LogP contribution < -0.4 is 9.80 Å². The van der Waals surface area contributed by atoms with Gasteiger partial charge in [0.1, 0.15) is 17.6 Å². The van der Waals surface area contributed by atoms with Crippen LogP contribution in [0.5, 0.6) is 0 Å². The Hall–Kier alpha value is -3.41. The van der Waals surface area contributed by atoms with Crippen LogP contribution in [0, 0.1) is 6.92 Å². The van der Waals surface area contributed by atoms with Crippen LogP contribution >= 0.6 is 0 Å². The van der Waals surface area contributed by atoms with Crippen LogP contribution in [0.3, 0.4) is 0 Å². The molecule has 1 unspecified atom stereocenters. The van der Waals surface area contributed by atoms with Crippen molar-refractivity contribution in [2.24, 2.45) is 0 Å². The number of piperidine rings is 1. The summed E-state index contributed by atoms with van der Waals surface area (Å²) in [6.07, 6.45) is 5.34. The molecule has 1 atom stereocenters. The molecule has 33 heavy (non-hydrogen) atoms. The van der Waals surface area contributed by atoms with Crippen molar-refractivity contribution in [2.75, 3.05) is 13.1 Å². The Morgan fingerprint density at radius 3 is 2.61 bits per heavy atom. The molecule has 5 heteroatoms. The van der Waals surface area contributed by atoms with Gasteiger partial charge in [-0.3, -0.25) is 9.97 Å². The summed E-state index contributed by atoms with van der Waals surface area (Å²) in [6.45, 7) is 4.25. The van der Waals surface area contributed by atoms with E-state index in [4.69, 9.17) is 9.97 Å². The van der Waals surface area contributed by atoms with Crippen LogP contribution in [0.25, 0.3) is 10.9 Å². The van der Waals surface area contributed by atoms with Crippen LogP contribution in [-0.4, -0.2) is 29.0 Å². The van der Waals surface area contributed by atoms with Gasteiger partial charge in [0.15, 0.2) is 5.69 Å². The van der Waals surface area contributed by atoms with E-state index in [0.717, 1.165) is 59.5 Å². The number of rotatable bonds is 3. The highest BCUT2D eigenvalue weighted by Crippen LogP contribution is 2.55. The number of pyridine rings is 2. The summed E-state index contributed by atoms with van der Waals surface area (Å²) >= 11 is 0. The Bertz CT molecular complexity index is 1380. The van der Waals surface area contributed by atoms with E-state index >= 15 is 0 Å². The van der Waals surface area contributed by atoms with E-state index < -0.39 is 5.41 Å². The van der Waals surface area contributed by atoms with Gasteiger partial charge in [-0.05, 0) is 50.6 Å². The minimum absolute atomic E-state index is 0.131. The number of carbonyl (C=O) groups excluding carboxylic acids is 1. The summed E-state index contributed by atoms with van der Waals surface area (Å²) in [5, 5.41) is 4.50. The van der Waals surface area contributed by atoms with Crippen LogP contribution in [0.15, 0.2) is 79.1 Å². The van der Waals surface area contributed by atoms with Crippen molar-refractivity contribution in [3.8, 4) is 0 Å². The van der Waals surface area contributed by atoms with E-state index in [2.05, 4.69) is 54.7 Å². The van der Waals surface area contributed by atoms with Gasteiger partial charge in [0, 0.05) is 29.3 Å². The van der Waals surface area contributed by atoms with Crippen molar-refractivity contribution in [1.29, 1.82) is 0 Å². The maximum Gasteiger partial charge on any atom is 0.335 e. The van der Waals surface area contributed by atoms with E-state index in [1.165, 1.54) is 5.56 Å². The molecule has 2 aromatic heterocycles. The molecular formula is C28H27N4O+. The van der Waals surface area contributed by atoms with Crippen LogP contribution in [0.1, 0.15) is 29.7 Å². The van der Waals surface area contributed by atoms with Gasteiger partial charge in [-0.25, -0.2) is 4.79 Å². The third-order valence-electron chi connectivity index (χ3n) is 7.57. The van der Waals surface area contributed by atoms with Crippen molar-refractivity contribution in [2.45, 2.75) is 31.7 Å². The van der Waals surface area contributed by atoms with Gasteiger partial charge < -0.3 is 5.32 Å². The number of para-hydroxylation sites is 2. The average Bonchev–Trinajstić information content (AvgIpc) is 3.06. The number of quaternary nitrogens is 1. The Morgan fingerprint density at radius 1 is 0.970 bits per heavy atom. The second-order valence-corrected chi connectivity index (χ2v) is 9.28. The minimum atomic E-state index is -0.490. The molecule has 1 N–H and O–H groups in total. The summed E-state index contributed by atoms with van der Waals surface area (Å²) < 4.78 is 0.131. The third-order valence-corrected chi connectivity index (χ3v) is 7.57. The first kappa shape index (κ1) is 20.2. The molecule has 4 heterocycles. The molecule has 1 amide bonds. The molecule has 0 bridgehead atoms. The molecular weight excluding hydrogens is 408 g/mol. The number of carbonyl (C=O) groups is 1. The van der Waals surface area contributed by atoms with Crippen molar-refractivity contribution >= 4 is 28.2 Å². The Morgan fingerprint density at radius 2 is 1.76 bits per heavy atom. The normalized spacial score (nSPS) is 21.4. The predicted octanol–water partition coefficient (Wildman–Crippen LogP) is 4.94. The number of hydrogen-bond donors (Lipinski definition) is 1. The smallest absolute Gasteiger partial charge is 0.317 e. The fourth-order valence-electron chi connectivity index (χ4n) is 5.82. The molecule has 4 aromatic rings. The monoisotopic (exact) mass is 435 g/mol. The first-order chi connectivity index (χ1) is 16.1. The van der Waals surface area contributed by atoms with Crippen LogP contribution in [-0.2, 0) is 16.8 Å². The van der Waals surface area contributed by atoms with E-state index in [0.29, 0.717) is 6.54 Å². The van der Waals surface area contributed by atoms with Gasteiger partial charge >= 0.3 is 5.91 Å². The summed E-state index contributed by atoms with van der Waals surface area (Å²) in [6, 6.07) is 22.7. The first-order valence-corrected chi connectivity index (χ1v) is 11.6. The number of fused-ring (bicyclic) bond motifs is 3. The summed E-state index contributed by atoms with van der Waals surface area (Å²) in [5.41, 5.74) is 5.62. The fraction of sp³-hybridized carbons (Fsp3) is 0.250. The van der Waals surface area contributed by atoms with Crippen molar-refractivity contribution < 1.29 is 4.79 Å².